The molecule has 0 radical (unpaired) electrons. The number of unbranched alkanes of at least 4 members (excludes halogenated alkanes) is 1. The Labute approximate surface area is 144 Å². The highest BCUT2D eigenvalue weighted by Gasteiger charge is 2.14. The van der Waals surface area contributed by atoms with Crippen LogP contribution in [-0.4, -0.2) is 30.9 Å². The molecule has 0 aromatic heterocycles. The largest absolute Gasteiger partial charge is 0.352 e. The van der Waals surface area contributed by atoms with Gasteiger partial charge in [-0.15, -0.1) is 0 Å². The van der Waals surface area contributed by atoms with Gasteiger partial charge in [0.25, 0.3) is 5.91 Å². The lowest BCUT2D eigenvalue weighted by atomic mass is 9.95. The quantitative estimate of drug-likeness (QED) is 0.641. The second-order valence-electron chi connectivity index (χ2n) is 6.45. The van der Waals surface area contributed by atoms with E-state index in [0.29, 0.717) is 30.4 Å². The first kappa shape index (κ1) is 18.5. The van der Waals surface area contributed by atoms with Crippen LogP contribution in [0.3, 0.4) is 0 Å². The van der Waals surface area contributed by atoms with E-state index in [9.17, 15) is 9.59 Å². The normalized spacial score (nSPS) is 15.0. The molecule has 0 unspecified atom stereocenters. The average molecular weight is 331 g/mol. The van der Waals surface area contributed by atoms with Gasteiger partial charge in [-0.05, 0) is 37.5 Å². The Bertz CT molecular complexity index is 539. The summed E-state index contributed by atoms with van der Waals surface area (Å²) in [5.74, 6) is -0.163. The Morgan fingerprint density at radius 2 is 1.96 bits per heavy atom. The van der Waals surface area contributed by atoms with Crippen molar-refractivity contribution in [2.75, 3.05) is 18.4 Å². The standard InChI is InChI=1S/C19H29N3O2/c1-2-3-12-20-19(24)15-8-7-11-17(13-15)22-18(23)14-21-16-9-5-4-6-10-16/h7-8,11,13,16,21H,2-6,9-10,12,14H2,1H3,(H,20,24)(H,22,23). The molecule has 0 atom stereocenters. The monoisotopic (exact) mass is 331 g/mol. The summed E-state index contributed by atoms with van der Waals surface area (Å²) in [6.07, 6.45) is 8.11. The second kappa shape index (κ2) is 10.1. The highest BCUT2D eigenvalue weighted by molar-refractivity contribution is 5.97. The van der Waals surface area contributed by atoms with E-state index in [2.05, 4.69) is 22.9 Å². The molecule has 1 aromatic rings. The fraction of sp³-hybridized carbons (Fsp3) is 0.579. The van der Waals surface area contributed by atoms with Gasteiger partial charge >= 0.3 is 0 Å². The van der Waals surface area contributed by atoms with Crippen LogP contribution in [0.2, 0.25) is 0 Å². The van der Waals surface area contributed by atoms with Crippen molar-refractivity contribution >= 4 is 17.5 Å². The fourth-order valence-corrected chi connectivity index (χ4v) is 2.97. The van der Waals surface area contributed by atoms with Crippen molar-refractivity contribution in [1.82, 2.24) is 10.6 Å². The van der Waals surface area contributed by atoms with Gasteiger partial charge < -0.3 is 16.0 Å². The SMILES string of the molecule is CCCCNC(=O)c1cccc(NC(=O)CNC2CCCCC2)c1. The molecule has 2 amide bonds. The number of carbonyl (C=O) groups excluding carboxylic acids is 2. The van der Waals surface area contributed by atoms with Crippen LogP contribution >= 0.6 is 0 Å². The van der Waals surface area contributed by atoms with Gasteiger partial charge in [-0.1, -0.05) is 38.7 Å². The van der Waals surface area contributed by atoms with Crippen LogP contribution in [0.5, 0.6) is 0 Å². The van der Waals surface area contributed by atoms with E-state index >= 15 is 0 Å². The Balaban J connectivity index is 1.79. The van der Waals surface area contributed by atoms with E-state index < -0.39 is 0 Å². The van der Waals surface area contributed by atoms with E-state index in [-0.39, 0.29) is 11.8 Å². The summed E-state index contributed by atoms with van der Waals surface area (Å²) in [5, 5.41) is 9.07. The van der Waals surface area contributed by atoms with Crippen LogP contribution in [-0.2, 0) is 4.79 Å². The van der Waals surface area contributed by atoms with Gasteiger partial charge in [-0.2, -0.15) is 0 Å². The fourth-order valence-electron chi connectivity index (χ4n) is 2.97. The molecule has 5 nitrogen and oxygen atoms in total. The first-order valence-electron chi connectivity index (χ1n) is 9.10. The Morgan fingerprint density at radius 1 is 1.17 bits per heavy atom. The van der Waals surface area contributed by atoms with Crippen molar-refractivity contribution in [2.24, 2.45) is 0 Å². The van der Waals surface area contributed by atoms with Crippen molar-refractivity contribution in [1.29, 1.82) is 0 Å². The van der Waals surface area contributed by atoms with Gasteiger partial charge in [-0.3, -0.25) is 9.59 Å². The average Bonchev–Trinajstić information content (AvgIpc) is 2.61. The molecule has 24 heavy (non-hydrogen) atoms. The van der Waals surface area contributed by atoms with E-state index in [0.717, 1.165) is 25.7 Å². The maximum Gasteiger partial charge on any atom is 0.251 e. The van der Waals surface area contributed by atoms with Crippen molar-refractivity contribution < 1.29 is 9.59 Å². The predicted octanol–water partition coefficient (Wildman–Crippen LogP) is 3.08. The molecule has 1 aliphatic rings. The lowest BCUT2D eigenvalue weighted by Gasteiger charge is -2.22. The summed E-state index contributed by atoms with van der Waals surface area (Å²) < 4.78 is 0. The van der Waals surface area contributed by atoms with E-state index in [1.807, 2.05) is 0 Å². The Hall–Kier alpha value is -1.88. The van der Waals surface area contributed by atoms with Gasteiger partial charge in [0, 0.05) is 23.8 Å². The van der Waals surface area contributed by atoms with Gasteiger partial charge in [0.05, 0.1) is 6.54 Å². The molecule has 5 heteroatoms. The highest BCUT2D eigenvalue weighted by Crippen LogP contribution is 2.17. The minimum absolute atomic E-state index is 0.0656. The zero-order valence-corrected chi connectivity index (χ0v) is 14.6. The van der Waals surface area contributed by atoms with Crippen LogP contribution in [0.15, 0.2) is 24.3 Å². The van der Waals surface area contributed by atoms with Gasteiger partial charge in [-0.25, -0.2) is 0 Å². The van der Waals surface area contributed by atoms with Crippen molar-refractivity contribution in [3.8, 4) is 0 Å². The molecular weight excluding hydrogens is 302 g/mol. The number of carbonyl (C=O) groups is 2. The summed E-state index contributed by atoms with van der Waals surface area (Å²) in [5.41, 5.74) is 1.23. The number of benzene rings is 1. The molecule has 0 bridgehead atoms. The predicted molar refractivity (Wildman–Crippen MR) is 97.2 cm³/mol. The molecule has 132 valence electrons. The topological polar surface area (TPSA) is 70.2 Å². The Morgan fingerprint density at radius 3 is 2.71 bits per heavy atom. The number of hydrogen-bond acceptors (Lipinski definition) is 3. The minimum Gasteiger partial charge on any atom is -0.352 e. The third-order valence-corrected chi connectivity index (χ3v) is 4.38. The van der Waals surface area contributed by atoms with E-state index in [1.54, 1.807) is 24.3 Å². The molecule has 0 heterocycles. The molecule has 2 rings (SSSR count). The minimum atomic E-state index is -0.0973. The molecular formula is C19H29N3O2. The maximum atomic E-state index is 12.1. The number of rotatable bonds is 8. The van der Waals surface area contributed by atoms with Crippen molar-refractivity contribution in [3.63, 3.8) is 0 Å². The van der Waals surface area contributed by atoms with Gasteiger partial charge in [0.2, 0.25) is 5.91 Å². The lowest BCUT2D eigenvalue weighted by molar-refractivity contribution is -0.115. The highest BCUT2D eigenvalue weighted by atomic mass is 16.2. The molecule has 1 saturated carbocycles. The number of hydrogen-bond donors (Lipinski definition) is 3. The smallest absolute Gasteiger partial charge is 0.251 e. The van der Waals surface area contributed by atoms with Crippen LogP contribution in [0.25, 0.3) is 0 Å². The van der Waals surface area contributed by atoms with Gasteiger partial charge in [0.15, 0.2) is 0 Å². The molecule has 0 spiro atoms. The zero-order valence-electron chi connectivity index (χ0n) is 14.6. The van der Waals surface area contributed by atoms with Crippen molar-refractivity contribution in [2.45, 2.75) is 57.9 Å². The third-order valence-electron chi connectivity index (χ3n) is 4.38. The first-order chi connectivity index (χ1) is 11.7. The van der Waals surface area contributed by atoms with Crippen LogP contribution in [0, 0.1) is 0 Å². The van der Waals surface area contributed by atoms with E-state index in [4.69, 9.17) is 0 Å². The molecule has 1 aromatic carbocycles. The molecule has 1 aliphatic carbocycles. The van der Waals surface area contributed by atoms with Gasteiger partial charge in [0.1, 0.15) is 0 Å². The Kier molecular flexibility index (Phi) is 7.75. The van der Waals surface area contributed by atoms with Crippen molar-refractivity contribution in [3.05, 3.63) is 29.8 Å². The van der Waals surface area contributed by atoms with E-state index in [1.165, 1.54) is 19.3 Å². The summed E-state index contributed by atoms with van der Waals surface area (Å²) in [6, 6.07) is 7.54. The third kappa shape index (κ3) is 6.32. The summed E-state index contributed by atoms with van der Waals surface area (Å²) >= 11 is 0. The summed E-state index contributed by atoms with van der Waals surface area (Å²) in [6.45, 7) is 3.08. The summed E-state index contributed by atoms with van der Waals surface area (Å²) in [4.78, 5) is 24.1. The number of amides is 2. The first-order valence-corrected chi connectivity index (χ1v) is 9.10. The zero-order chi connectivity index (χ0) is 17.2. The molecule has 0 aliphatic heterocycles. The van der Waals surface area contributed by atoms with Crippen LogP contribution in [0.1, 0.15) is 62.2 Å². The second-order valence-corrected chi connectivity index (χ2v) is 6.45. The summed E-state index contributed by atoms with van der Waals surface area (Å²) in [7, 11) is 0. The number of nitrogens with one attached hydrogen (secondary N) is 3. The lowest BCUT2D eigenvalue weighted by Crippen LogP contribution is -2.37. The van der Waals surface area contributed by atoms with Crippen LogP contribution in [0.4, 0.5) is 5.69 Å². The maximum absolute atomic E-state index is 12.1. The molecule has 1 fully saturated rings. The molecule has 0 saturated heterocycles. The number of anilines is 1. The molecule has 3 N–H and O–H groups in total. The van der Waals surface area contributed by atoms with Crippen LogP contribution < -0.4 is 16.0 Å².